The Morgan fingerprint density at radius 2 is 0.785 bits per heavy atom. The highest BCUT2D eigenvalue weighted by atomic mass is 19.4. The first-order valence-electron chi connectivity index (χ1n) is 20.8. The maximum absolute atomic E-state index is 14.1. The lowest BCUT2D eigenvalue weighted by Crippen LogP contribution is -2.06. The van der Waals surface area contributed by atoms with Gasteiger partial charge in [-0.2, -0.15) is 26.3 Å². The number of nitrogens with zero attached hydrogens (tertiary/aromatic N) is 4. The van der Waals surface area contributed by atoms with Gasteiger partial charge in [0.25, 0.3) is 0 Å². The Balaban J connectivity index is 1.32. The molecule has 10 aromatic rings. The van der Waals surface area contributed by atoms with Gasteiger partial charge in [-0.3, -0.25) is 0 Å². The average molecular weight is 867 g/mol. The molecule has 8 aromatic carbocycles. The van der Waals surface area contributed by atoms with Crippen molar-refractivity contribution in [2.24, 2.45) is 0 Å². The molecular formula is C55H36F6N4. The van der Waals surface area contributed by atoms with E-state index in [0.29, 0.717) is 45.2 Å². The Labute approximate surface area is 370 Å². The van der Waals surface area contributed by atoms with Gasteiger partial charge < -0.3 is 4.57 Å². The Hall–Kier alpha value is -7.85. The van der Waals surface area contributed by atoms with Crippen LogP contribution in [0.1, 0.15) is 22.3 Å². The monoisotopic (exact) mass is 866 g/mol. The lowest BCUT2D eigenvalue weighted by Gasteiger charge is -2.21. The van der Waals surface area contributed by atoms with Gasteiger partial charge in [-0.05, 0) is 90.7 Å². The minimum absolute atomic E-state index is 0.255. The minimum atomic E-state index is -4.60. The van der Waals surface area contributed by atoms with Crippen LogP contribution in [0.25, 0.3) is 95.0 Å². The summed E-state index contributed by atoms with van der Waals surface area (Å²) in [6.07, 6.45) is -9.19. The summed E-state index contributed by atoms with van der Waals surface area (Å²) in [5.41, 5.74) is 8.51. The summed E-state index contributed by atoms with van der Waals surface area (Å²) >= 11 is 0. The number of fused-ring (bicyclic) bond motifs is 3. The van der Waals surface area contributed by atoms with E-state index in [-0.39, 0.29) is 5.82 Å². The lowest BCUT2D eigenvalue weighted by molar-refractivity contribution is -0.138. The van der Waals surface area contributed by atoms with E-state index in [1.807, 2.05) is 109 Å². The van der Waals surface area contributed by atoms with Crippen molar-refractivity contribution < 1.29 is 26.3 Å². The second kappa shape index (κ2) is 16.1. The average Bonchev–Trinajstić information content (AvgIpc) is 3.64. The van der Waals surface area contributed by atoms with Gasteiger partial charge in [-0.25, -0.2) is 15.0 Å². The number of alkyl halides is 6. The van der Waals surface area contributed by atoms with Crippen molar-refractivity contribution in [3.8, 4) is 73.2 Å². The van der Waals surface area contributed by atoms with Crippen molar-refractivity contribution in [3.05, 3.63) is 204 Å². The largest absolute Gasteiger partial charge is 0.416 e. The quantitative estimate of drug-likeness (QED) is 0.150. The predicted octanol–water partition coefficient (Wildman–Crippen LogP) is 15.6. The second-order valence-electron chi connectivity index (χ2n) is 16.1. The van der Waals surface area contributed by atoms with Gasteiger partial charge in [0.05, 0.1) is 27.8 Å². The van der Waals surface area contributed by atoms with Crippen molar-refractivity contribution in [2.75, 3.05) is 0 Å². The van der Waals surface area contributed by atoms with Crippen LogP contribution in [0, 0.1) is 13.8 Å². The van der Waals surface area contributed by atoms with Crippen LogP contribution in [0.4, 0.5) is 26.3 Å². The van der Waals surface area contributed by atoms with Gasteiger partial charge in [-0.1, -0.05) is 139 Å². The topological polar surface area (TPSA) is 43.6 Å². The van der Waals surface area contributed by atoms with E-state index in [1.165, 1.54) is 24.3 Å². The SMILES string of the molecule is Cc1cc(C)cc(-c2ccc3c(c2)c2ccccc2n3-c2c(-c3ccc(C(F)(F)F)cc3)cc(-c3nc(-c4ccccc4)nc(-c4ccccc4)n3)cc2-c2ccc(C(F)(F)F)cc2)c1. The second-order valence-corrected chi connectivity index (χ2v) is 16.1. The molecule has 2 heterocycles. The first-order chi connectivity index (χ1) is 31.3. The molecule has 0 bridgehead atoms. The molecule has 0 aliphatic carbocycles. The summed E-state index contributed by atoms with van der Waals surface area (Å²) in [7, 11) is 0. The molecule has 0 aliphatic rings. The highest BCUT2D eigenvalue weighted by Gasteiger charge is 2.32. The number of benzene rings is 8. The number of hydrogen-bond donors (Lipinski definition) is 0. The molecule has 0 saturated carbocycles. The third kappa shape index (κ3) is 7.92. The number of para-hydroxylation sites is 1. The van der Waals surface area contributed by atoms with Crippen molar-refractivity contribution >= 4 is 21.8 Å². The number of aromatic nitrogens is 4. The fourth-order valence-electron chi connectivity index (χ4n) is 8.59. The molecule has 0 aliphatic heterocycles. The number of halogens is 6. The molecule has 0 radical (unpaired) electrons. The third-order valence-corrected chi connectivity index (χ3v) is 11.6. The van der Waals surface area contributed by atoms with Crippen molar-refractivity contribution in [1.82, 2.24) is 19.5 Å². The molecule has 4 nitrogen and oxygen atoms in total. The summed E-state index contributed by atoms with van der Waals surface area (Å²) < 4.78 is 86.7. The van der Waals surface area contributed by atoms with Crippen LogP contribution in [-0.2, 0) is 12.4 Å². The van der Waals surface area contributed by atoms with E-state index in [4.69, 9.17) is 15.0 Å². The summed E-state index contributed by atoms with van der Waals surface area (Å²) in [5, 5.41) is 1.82. The maximum Gasteiger partial charge on any atom is 0.416 e. The van der Waals surface area contributed by atoms with Crippen LogP contribution >= 0.6 is 0 Å². The van der Waals surface area contributed by atoms with Crippen molar-refractivity contribution in [2.45, 2.75) is 26.2 Å². The molecular weight excluding hydrogens is 831 g/mol. The van der Waals surface area contributed by atoms with E-state index < -0.39 is 23.5 Å². The van der Waals surface area contributed by atoms with Crippen LogP contribution in [-0.4, -0.2) is 19.5 Å². The maximum atomic E-state index is 14.1. The first kappa shape index (κ1) is 41.2. The van der Waals surface area contributed by atoms with E-state index >= 15 is 0 Å². The Morgan fingerprint density at radius 1 is 0.354 bits per heavy atom. The molecule has 0 atom stereocenters. The summed E-state index contributed by atoms with van der Waals surface area (Å²) in [5.74, 6) is 1.02. The van der Waals surface area contributed by atoms with Gasteiger partial charge in [0, 0.05) is 38.6 Å². The zero-order valence-corrected chi connectivity index (χ0v) is 34.9. The van der Waals surface area contributed by atoms with Crippen LogP contribution in [0.2, 0.25) is 0 Å². The van der Waals surface area contributed by atoms with E-state index in [2.05, 4.69) is 42.7 Å². The number of hydrogen-bond acceptors (Lipinski definition) is 3. The van der Waals surface area contributed by atoms with Gasteiger partial charge in [0.15, 0.2) is 17.5 Å². The van der Waals surface area contributed by atoms with Gasteiger partial charge in [0.1, 0.15) is 0 Å². The molecule has 10 rings (SSSR count). The molecule has 0 unspecified atom stereocenters. The zero-order valence-electron chi connectivity index (χ0n) is 34.9. The summed E-state index contributed by atoms with van der Waals surface area (Å²) in [4.78, 5) is 14.8. The van der Waals surface area contributed by atoms with Gasteiger partial charge >= 0.3 is 12.4 Å². The first-order valence-corrected chi connectivity index (χ1v) is 20.8. The molecule has 65 heavy (non-hydrogen) atoms. The molecule has 318 valence electrons. The minimum Gasteiger partial charge on any atom is -0.308 e. The molecule has 0 N–H and O–H groups in total. The van der Waals surface area contributed by atoms with E-state index in [1.54, 1.807) is 0 Å². The smallest absolute Gasteiger partial charge is 0.308 e. The van der Waals surface area contributed by atoms with Crippen LogP contribution in [0.15, 0.2) is 182 Å². The molecule has 0 fully saturated rings. The zero-order chi connectivity index (χ0) is 45.0. The Kier molecular flexibility index (Phi) is 10.2. The predicted molar refractivity (Wildman–Crippen MR) is 246 cm³/mol. The van der Waals surface area contributed by atoms with Crippen molar-refractivity contribution in [3.63, 3.8) is 0 Å². The van der Waals surface area contributed by atoms with Crippen LogP contribution < -0.4 is 0 Å². The van der Waals surface area contributed by atoms with Gasteiger partial charge in [-0.15, -0.1) is 0 Å². The third-order valence-electron chi connectivity index (χ3n) is 11.6. The number of rotatable bonds is 7. The van der Waals surface area contributed by atoms with Crippen molar-refractivity contribution in [1.29, 1.82) is 0 Å². The fraction of sp³-hybridized carbons (Fsp3) is 0.0727. The molecule has 0 spiro atoms. The Morgan fingerprint density at radius 3 is 1.28 bits per heavy atom. The van der Waals surface area contributed by atoms with Crippen LogP contribution in [0.3, 0.4) is 0 Å². The standard InChI is InChI=1S/C55H36F6N4/c1-33-27-34(2)29-40(28-33)39-21-26-49-47(30-39)44-15-9-10-16-48(44)65(49)50-45(35-17-22-42(23-18-35)54(56,57)58)31-41(32-46(50)36-19-24-43(25-20-36)55(59,60)61)53-63-51(37-11-5-3-6-12-37)62-52(64-53)38-13-7-4-8-14-38/h3-32H,1-2H3. The fourth-order valence-corrected chi connectivity index (χ4v) is 8.59. The highest BCUT2D eigenvalue weighted by molar-refractivity contribution is 6.12. The normalized spacial score (nSPS) is 12.0. The number of aryl methyl sites for hydroxylation is 2. The van der Waals surface area contributed by atoms with Gasteiger partial charge in [0.2, 0.25) is 0 Å². The van der Waals surface area contributed by atoms with E-state index in [0.717, 1.165) is 79.5 Å². The Bertz CT molecular complexity index is 3240. The van der Waals surface area contributed by atoms with Crippen LogP contribution in [0.5, 0.6) is 0 Å². The molecule has 10 heteroatoms. The molecule has 2 aromatic heterocycles. The summed E-state index contributed by atoms with van der Waals surface area (Å²) in [6, 6.07) is 52.7. The molecule has 0 saturated heterocycles. The molecule has 0 amide bonds. The lowest BCUT2D eigenvalue weighted by atomic mass is 9.91. The highest BCUT2D eigenvalue weighted by Crippen LogP contribution is 2.45. The van der Waals surface area contributed by atoms with E-state index in [9.17, 15) is 26.3 Å². The summed E-state index contributed by atoms with van der Waals surface area (Å²) in [6.45, 7) is 4.11.